The minimum atomic E-state index is -0.469. The number of hydrogen-bond acceptors (Lipinski definition) is 6. The number of amides is 1. The van der Waals surface area contributed by atoms with Gasteiger partial charge in [-0.2, -0.15) is 0 Å². The van der Waals surface area contributed by atoms with Crippen LogP contribution in [0.15, 0.2) is 18.2 Å². The largest absolute Gasteiger partial charge is 0.508 e. The molecule has 1 aliphatic rings. The number of carbonyl (C=O) groups is 1. The Labute approximate surface area is 139 Å². The van der Waals surface area contributed by atoms with Gasteiger partial charge in [0.1, 0.15) is 11.4 Å². The molecule has 1 fully saturated rings. The topological polar surface area (TPSA) is 65.9 Å². The van der Waals surface area contributed by atoms with Crippen molar-refractivity contribution in [3.63, 3.8) is 0 Å². The standard InChI is InChI=1S/C16H21N3O3S/c1-16(2,3)22-15(21)19-8-6-18(7-9-19)14-17-12-5-4-11(20)10-13(12)23-14/h4-5,10,20H,6-9H2,1-3H3. The van der Waals surface area contributed by atoms with Crippen molar-refractivity contribution in [1.29, 1.82) is 0 Å². The normalized spacial score (nSPS) is 16.0. The number of aromatic nitrogens is 1. The van der Waals surface area contributed by atoms with Crippen LogP contribution in [0.25, 0.3) is 10.2 Å². The summed E-state index contributed by atoms with van der Waals surface area (Å²) in [7, 11) is 0. The molecule has 1 N–H and O–H groups in total. The van der Waals surface area contributed by atoms with Gasteiger partial charge in [-0.3, -0.25) is 0 Å². The average Bonchev–Trinajstić information content (AvgIpc) is 2.88. The van der Waals surface area contributed by atoms with E-state index in [4.69, 9.17) is 4.74 Å². The van der Waals surface area contributed by atoms with Crippen molar-refractivity contribution < 1.29 is 14.6 Å². The van der Waals surface area contributed by atoms with Crippen molar-refractivity contribution in [2.75, 3.05) is 31.1 Å². The van der Waals surface area contributed by atoms with E-state index in [1.54, 1.807) is 28.4 Å². The molecule has 7 heteroatoms. The zero-order chi connectivity index (χ0) is 16.6. The molecule has 1 aliphatic heterocycles. The maximum atomic E-state index is 12.1. The highest BCUT2D eigenvalue weighted by Gasteiger charge is 2.26. The number of piperazine rings is 1. The third-order valence-corrected chi connectivity index (χ3v) is 4.64. The highest BCUT2D eigenvalue weighted by Crippen LogP contribution is 2.31. The first kappa shape index (κ1) is 15.9. The summed E-state index contributed by atoms with van der Waals surface area (Å²) in [4.78, 5) is 20.6. The molecule has 0 saturated carbocycles. The van der Waals surface area contributed by atoms with Gasteiger partial charge in [-0.15, -0.1) is 0 Å². The molecule has 1 aromatic heterocycles. The summed E-state index contributed by atoms with van der Waals surface area (Å²) >= 11 is 1.56. The van der Waals surface area contributed by atoms with Crippen LogP contribution in [0.4, 0.5) is 9.93 Å². The van der Waals surface area contributed by atoms with Gasteiger partial charge in [0.15, 0.2) is 5.13 Å². The van der Waals surface area contributed by atoms with Crippen molar-refractivity contribution in [2.24, 2.45) is 0 Å². The number of thiazole rings is 1. The lowest BCUT2D eigenvalue weighted by atomic mass is 10.2. The first-order chi connectivity index (χ1) is 10.8. The molecule has 0 aliphatic carbocycles. The smallest absolute Gasteiger partial charge is 0.410 e. The molecule has 2 heterocycles. The van der Waals surface area contributed by atoms with Gasteiger partial charge in [0.2, 0.25) is 0 Å². The second kappa shape index (κ2) is 5.88. The fraction of sp³-hybridized carbons (Fsp3) is 0.500. The zero-order valence-electron chi connectivity index (χ0n) is 13.6. The molecule has 0 bridgehead atoms. The Balaban J connectivity index is 1.65. The molecule has 1 amide bonds. The van der Waals surface area contributed by atoms with E-state index in [2.05, 4.69) is 9.88 Å². The summed E-state index contributed by atoms with van der Waals surface area (Å²) in [5, 5.41) is 10.5. The predicted molar refractivity (Wildman–Crippen MR) is 91.3 cm³/mol. The van der Waals surface area contributed by atoms with E-state index in [-0.39, 0.29) is 11.8 Å². The third-order valence-electron chi connectivity index (χ3n) is 3.56. The molecule has 0 atom stereocenters. The first-order valence-corrected chi connectivity index (χ1v) is 8.46. The van der Waals surface area contributed by atoms with Crippen molar-refractivity contribution in [3.05, 3.63) is 18.2 Å². The lowest BCUT2D eigenvalue weighted by Gasteiger charge is -2.35. The molecule has 23 heavy (non-hydrogen) atoms. The third kappa shape index (κ3) is 3.67. The van der Waals surface area contributed by atoms with E-state index in [0.29, 0.717) is 13.1 Å². The number of hydrogen-bond donors (Lipinski definition) is 1. The molecule has 1 aromatic carbocycles. The second-order valence-electron chi connectivity index (χ2n) is 6.60. The summed E-state index contributed by atoms with van der Waals surface area (Å²) in [6, 6.07) is 5.20. The maximum Gasteiger partial charge on any atom is 0.410 e. The Bertz CT molecular complexity index is 715. The Morgan fingerprint density at radius 2 is 1.96 bits per heavy atom. The first-order valence-electron chi connectivity index (χ1n) is 7.64. The number of benzene rings is 1. The van der Waals surface area contributed by atoms with E-state index in [1.807, 2.05) is 26.8 Å². The number of aromatic hydroxyl groups is 1. The van der Waals surface area contributed by atoms with E-state index in [1.165, 1.54) is 0 Å². The molecule has 0 spiro atoms. The summed E-state index contributed by atoms with van der Waals surface area (Å²) < 4.78 is 6.37. The fourth-order valence-corrected chi connectivity index (χ4v) is 3.49. The number of anilines is 1. The average molecular weight is 335 g/mol. The second-order valence-corrected chi connectivity index (χ2v) is 7.61. The highest BCUT2D eigenvalue weighted by molar-refractivity contribution is 7.22. The quantitative estimate of drug-likeness (QED) is 0.867. The van der Waals surface area contributed by atoms with E-state index >= 15 is 0 Å². The van der Waals surface area contributed by atoms with Crippen LogP contribution in [0.1, 0.15) is 20.8 Å². The molecule has 6 nitrogen and oxygen atoms in total. The van der Waals surface area contributed by atoms with Gasteiger partial charge < -0.3 is 19.6 Å². The number of carbonyl (C=O) groups excluding carboxylic acids is 1. The van der Waals surface area contributed by atoms with Crippen molar-refractivity contribution in [2.45, 2.75) is 26.4 Å². The number of phenols is 1. The molecule has 0 radical (unpaired) electrons. The number of phenolic OH excluding ortho intramolecular Hbond substituents is 1. The van der Waals surface area contributed by atoms with Crippen LogP contribution in [-0.2, 0) is 4.74 Å². The van der Waals surface area contributed by atoms with Gasteiger partial charge in [0, 0.05) is 26.2 Å². The van der Waals surface area contributed by atoms with E-state index in [0.717, 1.165) is 28.4 Å². The van der Waals surface area contributed by atoms with Crippen LogP contribution < -0.4 is 4.90 Å². The molecule has 2 aromatic rings. The minimum Gasteiger partial charge on any atom is -0.508 e. The van der Waals surface area contributed by atoms with Gasteiger partial charge in [0.05, 0.1) is 10.2 Å². The summed E-state index contributed by atoms with van der Waals surface area (Å²) in [6.45, 7) is 8.31. The Kier molecular flexibility index (Phi) is 4.06. The van der Waals surface area contributed by atoms with E-state index < -0.39 is 5.60 Å². The molecular weight excluding hydrogens is 314 g/mol. The number of ether oxygens (including phenoxy) is 1. The zero-order valence-corrected chi connectivity index (χ0v) is 14.4. The van der Waals surface area contributed by atoms with Gasteiger partial charge in [-0.1, -0.05) is 11.3 Å². The Morgan fingerprint density at radius 3 is 2.61 bits per heavy atom. The van der Waals surface area contributed by atoms with Crippen LogP contribution in [0.2, 0.25) is 0 Å². The van der Waals surface area contributed by atoms with Crippen LogP contribution in [0.3, 0.4) is 0 Å². The fourth-order valence-electron chi connectivity index (χ4n) is 2.44. The number of nitrogens with zero attached hydrogens (tertiary/aromatic N) is 3. The van der Waals surface area contributed by atoms with Crippen LogP contribution >= 0.6 is 11.3 Å². The van der Waals surface area contributed by atoms with Gasteiger partial charge >= 0.3 is 6.09 Å². The molecule has 3 rings (SSSR count). The summed E-state index contributed by atoms with van der Waals surface area (Å²) in [5.74, 6) is 0.252. The van der Waals surface area contributed by atoms with Crippen LogP contribution in [-0.4, -0.2) is 52.9 Å². The molecule has 1 saturated heterocycles. The van der Waals surface area contributed by atoms with Crippen LogP contribution in [0.5, 0.6) is 5.75 Å². The minimum absolute atomic E-state index is 0.252. The lowest BCUT2D eigenvalue weighted by molar-refractivity contribution is 0.0240. The SMILES string of the molecule is CC(C)(C)OC(=O)N1CCN(c2nc3ccc(O)cc3s2)CC1. The monoisotopic (exact) mass is 335 g/mol. The lowest BCUT2D eigenvalue weighted by Crippen LogP contribution is -2.50. The van der Waals surface area contributed by atoms with Crippen molar-refractivity contribution in [1.82, 2.24) is 9.88 Å². The highest BCUT2D eigenvalue weighted by atomic mass is 32.1. The molecular formula is C16H21N3O3S. The van der Waals surface area contributed by atoms with Crippen molar-refractivity contribution in [3.8, 4) is 5.75 Å². The number of fused-ring (bicyclic) bond motifs is 1. The Morgan fingerprint density at radius 1 is 1.26 bits per heavy atom. The van der Waals surface area contributed by atoms with Gasteiger partial charge in [0.25, 0.3) is 0 Å². The van der Waals surface area contributed by atoms with Gasteiger partial charge in [-0.25, -0.2) is 9.78 Å². The Hall–Kier alpha value is -2.02. The van der Waals surface area contributed by atoms with Crippen LogP contribution in [0, 0.1) is 0 Å². The molecule has 124 valence electrons. The number of rotatable bonds is 1. The maximum absolute atomic E-state index is 12.1. The summed E-state index contributed by atoms with van der Waals surface area (Å²) in [5.41, 5.74) is 0.417. The van der Waals surface area contributed by atoms with E-state index in [9.17, 15) is 9.90 Å². The summed E-state index contributed by atoms with van der Waals surface area (Å²) in [6.07, 6.45) is -0.258. The molecule has 0 unspecified atom stereocenters. The van der Waals surface area contributed by atoms with Crippen molar-refractivity contribution >= 4 is 32.8 Å². The van der Waals surface area contributed by atoms with Gasteiger partial charge in [-0.05, 0) is 39.0 Å². The predicted octanol–water partition coefficient (Wildman–Crippen LogP) is 3.06.